The minimum absolute atomic E-state index is 0.0876. The second kappa shape index (κ2) is 8.03. The molecule has 1 amide bonds. The second-order valence-corrected chi connectivity index (χ2v) is 4.06. The first kappa shape index (κ1) is 13.9. The number of aliphatic carboxylic acids is 1. The van der Waals surface area contributed by atoms with Crippen LogP contribution in [0.15, 0.2) is 0 Å². The Morgan fingerprint density at radius 3 is 2.82 bits per heavy atom. The molecular formula is C11H20N2O4. The number of carbonyl (C=O) groups excluding carboxylic acids is 1. The highest BCUT2D eigenvalue weighted by Crippen LogP contribution is 2.00. The van der Waals surface area contributed by atoms with E-state index in [-0.39, 0.29) is 18.4 Å². The zero-order valence-electron chi connectivity index (χ0n) is 9.91. The molecule has 0 radical (unpaired) electrons. The summed E-state index contributed by atoms with van der Waals surface area (Å²) in [4.78, 5) is 21.8. The van der Waals surface area contributed by atoms with Crippen LogP contribution in [0, 0.1) is 0 Å². The molecule has 17 heavy (non-hydrogen) atoms. The van der Waals surface area contributed by atoms with Crippen molar-refractivity contribution in [3.63, 3.8) is 0 Å². The summed E-state index contributed by atoms with van der Waals surface area (Å²) in [7, 11) is 0. The lowest BCUT2D eigenvalue weighted by Gasteiger charge is -2.22. The van der Waals surface area contributed by atoms with Crippen molar-refractivity contribution in [2.45, 2.75) is 31.8 Å². The number of hydrogen-bond acceptors (Lipinski definition) is 4. The molecule has 0 bridgehead atoms. The van der Waals surface area contributed by atoms with E-state index in [9.17, 15) is 9.59 Å². The maximum Gasteiger partial charge on any atom is 0.303 e. The molecule has 0 aromatic carbocycles. The molecule has 3 N–H and O–H groups in total. The molecule has 1 saturated heterocycles. The summed E-state index contributed by atoms with van der Waals surface area (Å²) < 4.78 is 5.30. The Kier molecular flexibility index (Phi) is 6.57. The first-order chi connectivity index (χ1) is 8.20. The van der Waals surface area contributed by atoms with Gasteiger partial charge in [-0.25, -0.2) is 0 Å². The molecule has 1 unspecified atom stereocenters. The van der Waals surface area contributed by atoms with Gasteiger partial charge in [0.05, 0.1) is 6.61 Å². The Morgan fingerprint density at radius 2 is 2.18 bits per heavy atom. The third-order valence-electron chi connectivity index (χ3n) is 2.59. The lowest BCUT2D eigenvalue weighted by atomic mass is 10.2. The Bertz CT molecular complexity index is 252. The minimum atomic E-state index is -0.768. The maximum absolute atomic E-state index is 11.6. The molecule has 0 aliphatic carbocycles. The van der Waals surface area contributed by atoms with Gasteiger partial charge in [-0.3, -0.25) is 9.59 Å². The van der Waals surface area contributed by atoms with Gasteiger partial charge in [-0.2, -0.15) is 0 Å². The second-order valence-electron chi connectivity index (χ2n) is 4.06. The molecule has 98 valence electrons. The van der Waals surface area contributed by atoms with E-state index >= 15 is 0 Å². The van der Waals surface area contributed by atoms with Gasteiger partial charge in [0.1, 0.15) is 6.10 Å². The van der Waals surface area contributed by atoms with Crippen molar-refractivity contribution in [1.82, 2.24) is 10.6 Å². The van der Waals surface area contributed by atoms with Crippen LogP contribution in [0.25, 0.3) is 0 Å². The van der Waals surface area contributed by atoms with Crippen LogP contribution in [0.1, 0.15) is 25.7 Å². The topological polar surface area (TPSA) is 87.7 Å². The zero-order chi connectivity index (χ0) is 12.5. The van der Waals surface area contributed by atoms with Crippen LogP contribution in [-0.2, 0) is 14.3 Å². The van der Waals surface area contributed by atoms with Gasteiger partial charge in [-0.15, -0.1) is 0 Å². The molecule has 1 aliphatic heterocycles. The van der Waals surface area contributed by atoms with E-state index in [0.29, 0.717) is 26.1 Å². The third-order valence-corrected chi connectivity index (χ3v) is 2.59. The fourth-order valence-electron chi connectivity index (χ4n) is 1.64. The average molecular weight is 244 g/mol. The highest BCUT2D eigenvalue weighted by atomic mass is 16.5. The summed E-state index contributed by atoms with van der Waals surface area (Å²) >= 11 is 0. The van der Waals surface area contributed by atoms with Gasteiger partial charge in [0.15, 0.2) is 0 Å². The van der Waals surface area contributed by atoms with Gasteiger partial charge in [0.25, 0.3) is 0 Å². The van der Waals surface area contributed by atoms with Crippen LogP contribution in [0.3, 0.4) is 0 Å². The highest BCUT2D eigenvalue weighted by molar-refractivity contribution is 5.81. The predicted molar refractivity (Wildman–Crippen MR) is 61.7 cm³/mol. The standard InChI is InChI=1S/C11H20N2O4/c14-10(15)4-2-1-3-5-13-11(16)9-8-12-6-7-17-9/h9,12H,1-8H2,(H,13,16)(H,14,15). The Labute approximate surface area is 101 Å². The van der Waals surface area contributed by atoms with Crippen LogP contribution in [-0.4, -0.2) is 49.3 Å². The van der Waals surface area contributed by atoms with Gasteiger partial charge in [0, 0.05) is 26.1 Å². The summed E-state index contributed by atoms with van der Waals surface area (Å²) in [5.41, 5.74) is 0. The fraction of sp³-hybridized carbons (Fsp3) is 0.818. The first-order valence-electron chi connectivity index (χ1n) is 6.02. The number of rotatable bonds is 7. The van der Waals surface area contributed by atoms with Crippen molar-refractivity contribution in [3.8, 4) is 0 Å². The number of nitrogens with one attached hydrogen (secondary N) is 2. The van der Waals surface area contributed by atoms with Gasteiger partial charge in [0.2, 0.25) is 5.91 Å². The smallest absolute Gasteiger partial charge is 0.303 e. The Balaban J connectivity index is 1.98. The van der Waals surface area contributed by atoms with Crippen LogP contribution < -0.4 is 10.6 Å². The summed E-state index contributed by atoms with van der Waals surface area (Å²) in [6, 6.07) is 0. The van der Waals surface area contributed by atoms with E-state index in [1.165, 1.54) is 0 Å². The van der Waals surface area contributed by atoms with E-state index in [1.54, 1.807) is 0 Å². The van der Waals surface area contributed by atoms with Crippen molar-refractivity contribution < 1.29 is 19.4 Å². The predicted octanol–water partition coefficient (Wildman–Crippen LogP) is -0.264. The normalized spacial score (nSPS) is 19.9. The van der Waals surface area contributed by atoms with E-state index in [1.807, 2.05) is 0 Å². The van der Waals surface area contributed by atoms with Gasteiger partial charge >= 0.3 is 5.97 Å². The molecule has 1 rings (SSSR count). The number of carboxylic acid groups (broad SMARTS) is 1. The largest absolute Gasteiger partial charge is 0.481 e. The summed E-state index contributed by atoms with van der Waals surface area (Å²) in [6.45, 7) is 2.50. The van der Waals surface area contributed by atoms with Gasteiger partial charge in [-0.05, 0) is 12.8 Å². The van der Waals surface area contributed by atoms with Crippen LogP contribution in [0.2, 0.25) is 0 Å². The van der Waals surface area contributed by atoms with Crippen molar-refractivity contribution in [3.05, 3.63) is 0 Å². The van der Waals surface area contributed by atoms with Crippen LogP contribution in [0.4, 0.5) is 0 Å². The number of amides is 1. The van der Waals surface area contributed by atoms with Crippen LogP contribution in [0.5, 0.6) is 0 Å². The van der Waals surface area contributed by atoms with Crippen molar-refractivity contribution in [1.29, 1.82) is 0 Å². The SMILES string of the molecule is O=C(O)CCCCCNC(=O)C1CNCCO1. The first-order valence-corrected chi connectivity index (χ1v) is 6.02. The quantitative estimate of drug-likeness (QED) is 0.537. The van der Waals surface area contributed by atoms with Crippen molar-refractivity contribution in [2.75, 3.05) is 26.2 Å². The Hall–Kier alpha value is -1.14. The van der Waals surface area contributed by atoms with Crippen LogP contribution >= 0.6 is 0 Å². The van der Waals surface area contributed by atoms with Crippen molar-refractivity contribution >= 4 is 11.9 Å². The summed E-state index contributed by atoms with van der Waals surface area (Å²) in [6.07, 6.45) is 2.09. The zero-order valence-corrected chi connectivity index (χ0v) is 9.91. The van der Waals surface area contributed by atoms with E-state index in [2.05, 4.69) is 10.6 Å². The number of morpholine rings is 1. The molecule has 0 aromatic heterocycles. The fourth-order valence-corrected chi connectivity index (χ4v) is 1.64. The minimum Gasteiger partial charge on any atom is -0.481 e. The molecule has 6 heteroatoms. The molecule has 1 fully saturated rings. The third kappa shape index (κ3) is 6.23. The lowest BCUT2D eigenvalue weighted by Crippen LogP contribution is -2.48. The molecule has 1 heterocycles. The molecule has 1 atom stereocenters. The molecule has 6 nitrogen and oxygen atoms in total. The maximum atomic E-state index is 11.6. The number of carbonyl (C=O) groups is 2. The van der Waals surface area contributed by atoms with Gasteiger partial charge < -0.3 is 20.5 Å². The van der Waals surface area contributed by atoms with Crippen molar-refractivity contribution in [2.24, 2.45) is 0 Å². The Morgan fingerprint density at radius 1 is 1.35 bits per heavy atom. The molecule has 0 spiro atoms. The van der Waals surface area contributed by atoms with E-state index in [4.69, 9.17) is 9.84 Å². The number of ether oxygens (including phenoxy) is 1. The number of hydrogen-bond donors (Lipinski definition) is 3. The number of unbranched alkanes of at least 4 members (excludes halogenated alkanes) is 2. The molecular weight excluding hydrogens is 224 g/mol. The summed E-state index contributed by atoms with van der Waals surface area (Å²) in [5.74, 6) is -0.855. The molecule has 0 saturated carbocycles. The van der Waals surface area contributed by atoms with Gasteiger partial charge in [-0.1, -0.05) is 6.42 Å². The number of carboxylic acids is 1. The summed E-state index contributed by atoms with van der Waals surface area (Å²) in [5, 5.41) is 14.3. The highest BCUT2D eigenvalue weighted by Gasteiger charge is 2.20. The lowest BCUT2D eigenvalue weighted by molar-refractivity contribution is -0.137. The van der Waals surface area contributed by atoms with E-state index < -0.39 is 5.97 Å². The molecule has 1 aliphatic rings. The monoisotopic (exact) mass is 244 g/mol. The average Bonchev–Trinajstić information content (AvgIpc) is 2.34. The van der Waals surface area contributed by atoms with E-state index in [0.717, 1.165) is 19.4 Å². The molecule has 0 aromatic rings.